The number of methoxy groups -OCH3 is 1. The Bertz CT molecular complexity index is 337. The molecule has 0 amide bonds. The predicted octanol–water partition coefficient (Wildman–Crippen LogP) is 2.02. The number of hydrogen-bond acceptors (Lipinski definition) is 4. The van der Waals surface area contributed by atoms with Gasteiger partial charge in [0.05, 0.1) is 18.0 Å². The molecule has 0 saturated carbocycles. The molecule has 0 fully saturated rings. The van der Waals surface area contributed by atoms with Crippen molar-refractivity contribution in [2.24, 2.45) is 0 Å². The number of halogens is 2. The number of Topliss-reactive ketones (excluding diaryl/α,β-unsaturated/α-hetero) is 1. The second-order valence-corrected chi connectivity index (χ2v) is 3.04. The number of carbonyl (C=O) groups is 2. The highest BCUT2D eigenvalue weighted by atomic mass is 79.9. The van der Waals surface area contributed by atoms with E-state index in [1.54, 1.807) is 0 Å². The number of ether oxygens (including phenoxy) is 1. The third kappa shape index (κ3) is 3.71. The van der Waals surface area contributed by atoms with Gasteiger partial charge in [-0.25, -0.2) is 4.79 Å². The lowest BCUT2D eigenvalue weighted by atomic mass is 10.2. The molecule has 0 N–H and O–H groups in total. The first-order valence-corrected chi connectivity index (χ1v) is 4.94. The van der Waals surface area contributed by atoms with Crippen molar-refractivity contribution in [3.05, 3.63) is 29.6 Å². The molecule has 0 aromatic carbocycles. The Morgan fingerprint density at radius 1 is 1.53 bits per heavy atom. The molecule has 0 spiro atoms. The number of rotatable bonds is 3. The molecule has 0 aliphatic carbocycles. The molecule has 1 rings (SSSR count). The first kappa shape index (κ1) is 14.2. The zero-order chi connectivity index (χ0) is 10.6. The molecule has 0 aliphatic rings. The third-order valence-corrected chi connectivity index (χ3v) is 2.10. The number of nitrogens with zero attached hydrogens (tertiary/aromatic N) is 1. The van der Waals surface area contributed by atoms with Gasteiger partial charge in [-0.05, 0) is 12.1 Å². The number of carbonyl (C=O) groups excluding carboxylic acids is 2. The summed E-state index contributed by atoms with van der Waals surface area (Å²) in [7, 11) is 1.29. The van der Waals surface area contributed by atoms with E-state index in [1.165, 1.54) is 25.4 Å². The van der Waals surface area contributed by atoms with Gasteiger partial charge in [0.2, 0.25) is 0 Å². The first-order chi connectivity index (χ1) is 6.69. The highest BCUT2D eigenvalue weighted by molar-refractivity contribution is 9.09. The van der Waals surface area contributed by atoms with Crippen LogP contribution in [0.2, 0.25) is 0 Å². The van der Waals surface area contributed by atoms with Gasteiger partial charge in [0.25, 0.3) is 0 Å². The van der Waals surface area contributed by atoms with Crippen LogP contribution >= 0.6 is 32.9 Å². The Kier molecular flexibility index (Phi) is 6.35. The van der Waals surface area contributed by atoms with E-state index in [1.807, 2.05) is 0 Å². The lowest BCUT2D eigenvalue weighted by Gasteiger charge is -2.00. The molecule has 0 radical (unpaired) electrons. The lowest BCUT2D eigenvalue weighted by Crippen LogP contribution is -2.07. The number of pyridine rings is 1. The zero-order valence-corrected chi connectivity index (χ0v) is 11.2. The summed E-state index contributed by atoms with van der Waals surface area (Å²) >= 11 is 3.02. The van der Waals surface area contributed by atoms with Crippen molar-refractivity contribution in [1.82, 2.24) is 4.98 Å². The summed E-state index contributed by atoms with van der Waals surface area (Å²) in [5.74, 6) is -0.647. The Morgan fingerprint density at radius 2 is 2.20 bits per heavy atom. The van der Waals surface area contributed by atoms with Gasteiger partial charge < -0.3 is 4.74 Å². The van der Waals surface area contributed by atoms with Crippen LogP contribution in [0.15, 0.2) is 18.3 Å². The van der Waals surface area contributed by atoms with Gasteiger partial charge in [0.1, 0.15) is 5.69 Å². The Hall–Kier alpha value is -0.750. The van der Waals surface area contributed by atoms with Crippen molar-refractivity contribution in [3.8, 4) is 0 Å². The number of ketones is 1. The summed E-state index contributed by atoms with van der Waals surface area (Å²) in [6.45, 7) is 0. The fourth-order valence-electron chi connectivity index (χ4n) is 0.896. The Labute approximate surface area is 106 Å². The molecule has 1 heterocycles. The van der Waals surface area contributed by atoms with Crippen molar-refractivity contribution in [2.75, 3.05) is 12.4 Å². The van der Waals surface area contributed by atoms with Crippen molar-refractivity contribution in [3.63, 3.8) is 0 Å². The highest BCUT2D eigenvalue weighted by Crippen LogP contribution is 2.05. The molecule has 15 heavy (non-hydrogen) atoms. The topological polar surface area (TPSA) is 56.3 Å². The monoisotopic (exact) mass is 337 g/mol. The summed E-state index contributed by atoms with van der Waals surface area (Å²) in [4.78, 5) is 26.2. The summed E-state index contributed by atoms with van der Waals surface area (Å²) in [6, 6.07) is 2.91. The van der Waals surface area contributed by atoms with Crippen LogP contribution in [0.4, 0.5) is 0 Å². The average Bonchev–Trinajstić information content (AvgIpc) is 2.27. The maximum absolute atomic E-state index is 11.2. The van der Waals surface area contributed by atoms with E-state index in [0.29, 0.717) is 5.56 Å². The first-order valence-electron chi connectivity index (χ1n) is 3.82. The van der Waals surface area contributed by atoms with Crippen LogP contribution in [0, 0.1) is 0 Å². The van der Waals surface area contributed by atoms with Gasteiger partial charge in [0.15, 0.2) is 5.78 Å². The average molecular weight is 339 g/mol. The van der Waals surface area contributed by atoms with E-state index in [2.05, 4.69) is 25.7 Å². The maximum Gasteiger partial charge on any atom is 0.337 e. The fraction of sp³-hybridized carbons (Fsp3) is 0.222. The van der Waals surface area contributed by atoms with Crippen molar-refractivity contribution < 1.29 is 14.3 Å². The molecule has 0 unspecified atom stereocenters. The minimum absolute atomic E-state index is 0. The number of hydrogen-bond donors (Lipinski definition) is 0. The molecule has 4 nitrogen and oxygen atoms in total. The lowest BCUT2D eigenvalue weighted by molar-refractivity contribution is 0.0600. The minimum atomic E-state index is -0.476. The quantitative estimate of drug-likeness (QED) is 0.480. The van der Waals surface area contributed by atoms with E-state index >= 15 is 0 Å². The van der Waals surface area contributed by atoms with Gasteiger partial charge in [-0.3, -0.25) is 9.78 Å². The van der Waals surface area contributed by atoms with Crippen LogP contribution in [0.1, 0.15) is 20.8 Å². The van der Waals surface area contributed by atoms with Crippen LogP contribution < -0.4 is 0 Å². The summed E-state index contributed by atoms with van der Waals surface area (Å²) in [5, 5.41) is 0.185. The van der Waals surface area contributed by atoms with E-state index in [-0.39, 0.29) is 33.8 Å². The largest absolute Gasteiger partial charge is 0.465 e. The number of aromatic nitrogens is 1. The standard InChI is InChI=1S/C9H8BrNO3.BrH/c1-14-9(13)6-2-3-11-7(4-6)8(12)5-10;/h2-4H,5H2,1H3;1H. The normalized spacial score (nSPS) is 8.93. The fourth-order valence-corrected chi connectivity index (χ4v) is 1.18. The maximum atomic E-state index is 11.2. The van der Waals surface area contributed by atoms with Crippen LogP contribution in [-0.4, -0.2) is 29.2 Å². The molecule has 0 atom stereocenters. The molecule has 1 aromatic rings. The zero-order valence-electron chi connectivity index (χ0n) is 7.90. The minimum Gasteiger partial charge on any atom is -0.465 e. The molecule has 0 bridgehead atoms. The van der Waals surface area contributed by atoms with Crippen LogP contribution in [0.25, 0.3) is 0 Å². The van der Waals surface area contributed by atoms with Crippen LogP contribution in [0.5, 0.6) is 0 Å². The number of esters is 1. The van der Waals surface area contributed by atoms with E-state index in [0.717, 1.165) is 0 Å². The van der Waals surface area contributed by atoms with Crippen LogP contribution in [-0.2, 0) is 4.74 Å². The third-order valence-electron chi connectivity index (χ3n) is 1.59. The van der Waals surface area contributed by atoms with Gasteiger partial charge in [-0.15, -0.1) is 17.0 Å². The van der Waals surface area contributed by atoms with E-state index in [9.17, 15) is 9.59 Å². The van der Waals surface area contributed by atoms with Gasteiger partial charge >= 0.3 is 5.97 Å². The van der Waals surface area contributed by atoms with Crippen molar-refractivity contribution in [2.45, 2.75) is 0 Å². The molecule has 1 aromatic heterocycles. The van der Waals surface area contributed by atoms with Gasteiger partial charge in [-0.2, -0.15) is 0 Å². The summed E-state index contributed by atoms with van der Waals surface area (Å²) in [6.07, 6.45) is 1.40. The molecule has 6 heteroatoms. The van der Waals surface area contributed by atoms with Gasteiger partial charge in [0, 0.05) is 6.20 Å². The molecular formula is C9H9Br2NO3. The van der Waals surface area contributed by atoms with Gasteiger partial charge in [-0.1, -0.05) is 15.9 Å². The molecule has 82 valence electrons. The summed E-state index contributed by atoms with van der Waals surface area (Å²) < 4.78 is 4.51. The SMILES string of the molecule is Br.COC(=O)c1ccnc(C(=O)CBr)c1. The number of alkyl halides is 1. The Morgan fingerprint density at radius 3 is 2.73 bits per heavy atom. The molecule has 0 saturated heterocycles. The van der Waals surface area contributed by atoms with Crippen molar-refractivity contribution >= 4 is 44.7 Å². The van der Waals surface area contributed by atoms with Crippen molar-refractivity contribution in [1.29, 1.82) is 0 Å². The highest BCUT2D eigenvalue weighted by Gasteiger charge is 2.10. The van der Waals surface area contributed by atoms with E-state index < -0.39 is 5.97 Å². The second-order valence-electron chi connectivity index (χ2n) is 2.48. The molecular weight excluding hydrogens is 330 g/mol. The predicted molar refractivity (Wildman–Crippen MR) is 64.0 cm³/mol. The van der Waals surface area contributed by atoms with Crippen LogP contribution in [0.3, 0.4) is 0 Å². The Balaban J connectivity index is 0.00000196. The van der Waals surface area contributed by atoms with E-state index in [4.69, 9.17) is 0 Å². The summed E-state index contributed by atoms with van der Waals surface area (Å²) in [5.41, 5.74) is 0.580. The second kappa shape index (κ2) is 6.68. The molecule has 0 aliphatic heterocycles. The smallest absolute Gasteiger partial charge is 0.337 e.